The van der Waals surface area contributed by atoms with Crippen LogP contribution in [0.2, 0.25) is 5.02 Å². The highest BCUT2D eigenvalue weighted by atomic mass is 35.5. The zero-order chi connectivity index (χ0) is 16.2. The van der Waals surface area contributed by atoms with Crippen molar-refractivity contribution in [3.63, 3.8) is 0 Å². The minimum absolute atomic E-state index is 0.151. The largest absolute Gasteiger partial charge is 0.508 e. The van der Waals surface area contributed by atoms with E-state index in [2.05, 4.69) is 4.90 Å². The van der Waals surface area contributed by atoms with Crippen molar-refractivity contribution in [3.05, 3.63) is 59.1 Å². The molecule has 1 heterocycles. The minimum Gasteiger partial charge on any atom is -0.508 e. The average molecular weight is 331 g/mol. The lowest BCUT2D eigenvalue weighted by Crippen LogP contribution is -2.49. The number of anilines is 1. The fourth-order valence-corrected chi connectivity index (χ4v) is 2.89. The van der Waals surface area contributed by atoms with E-state index in [1.807, 2.05) is 41.3 Å². The lowest BCUT2D eigenvalue weighted by molar-refractivity contribution is -0.130. The summed E-state index contributed by atoms with van der Waals surface area (Å²) in [6, 6.07) is 14.6. The van der Waals surface area contributed by atoms with Gasteiger partial charge in [-0.2, -0.15) is 0 Å². The van der Waals surface area contributed by atoms with Crippen molar-refractivity contribution in [2.75, 3.05) is 31.1 Å². The molecule has 2 aromatic rings. The second-order valence-electron chi connectivity index (χ2n) is 5.69. The van der Waals surface area contributed by atoms with E-state index in [4.69, 9.17) is 11.6 Å². The summed E-state index contributed by atoms with van der Waals surface area (Å²) < 4.78 is 0. The van der Waals surface area contributed by atoms with Crippen LogP contribution in [0.1, 0.15) is 5.56 Å². The molecule has 0 aliphatic carbocycles. The summed E-state index contributed by atoms with van der Waals surface area (Å²) in [4.78, 5) is 16.5. The predicted octanol–water partition coefficient (Wildman–Crippen LogP) is 2.94. The Bertz CT molecular complexity index is 662. The van der Waals surface area contributed by atoms with Crippen molar-refractivity contribution < 1.29 is 9.90 Å². The number of carbonyl (C=O) groups is 1. The van der Waals surface area contributed by atoms with Crippen LogP contribution in [0.15, 0.2) is 48.5 Å². The Balaban J connectivity index is 1.54. The van der Waals surface area contributed by atoms with Crippen molar-refractivity contribution in [2.24, 2.45) is 0 Å². The number of benzene rings is 2. The molecule has 1 aliphatic heterocycles. The van der Waals surface area contributed by atoms with Crippen LogP contribution in [0.5, 0.6) is 5.75 Å². The Morgan fingerprint density at radius 3 is 2.17 bits per heavy atom. The Kier molecular flexibility index (Phi) is 4.72. The molecule has 0 saturated carbocycles. The van der Waals surface area contributed by atoms with Gasteiger partial charge in [0.15, 0.2) is 0 Å². The van der Waals surface area contributed by atoms with E-state index < -0.39 is 0 Å². The number of halogens is 1. The molecule has 0 aromatic heterocycles. The molecule has 0 bridgehead atoms. The van der Waals surface area contributed by atoms with E-state index in [-0.39, 0.29) is 11.7 Å². The number of hydrogen-bond acceptors (Lipinski definition) is 3. The van der Waals surface area contributed by atoms with Gasteiger partial charge in [0, 0.05) is 36.9 Å². The Hall–Kier alpha value is -2.20. The lowest BCUT2D eigenvalue weighted by Gasteiger charge is -2.36. The normalized spacial score (nSPS) is 14.8. The Morgan fingerprint density at radius 1 is 0.957 bits per heavy atom. The number of phenols is 1. The number of aromatic hydroxyl groups is 1. The number of phenolic OH excluding ortho intramolecular Hbond substituents is 1. The maximum Gasteiger partial charge on any atom is 0.227 e. The summed E-state index contributed by atoms with van der Waals surface area (Å²) in [7, 11) is 0. The first-order chi connectivity index (χ1) is 11.1. The van der Waals surface area contributed by atoms with Crippen molar-refractivity contribution in [3.8, 4) is 5.75 Å². The smallest absolute Gasteiger partial charge is 0.227 e. The SMILES string of the molecule is O=C(Cc1ccc(Cl)cc1)N1CCN(c2ccc(O)cc2)CC1. The van der Waals surface area contributed by atoms with Gasteiger partial charge in [0.2, 0.25) is 5.91 Å². The molecule has 1 N–H and O–H groups in total. The van der Waals surface area contributed by atoms with Gasteiger partial charge < -0.3 is 14.9 Å². The molecule has 4 nitrogen and oxygen atoms in total. The second-order valence-corrected chi connectivity index (χ2v) is 6.12. The summed E-state index contributed by atoms with van der Waals surface area (Å²) >= 11 is 5.86. The van der Waals surface area contributed by atoms with Crippen molar-refractivity contribution >= 4 is 23.2 Å². The highest BCUT2D eigenvalue weighted by Gasteiger charge is 2.21. The lowest BCUT2D eigenvalue weighted by atomic mass is 10.1. The molecule has 0 unspecified atom stereocenters. The molecular weight excluding hydrogens is 312 g/mol. The first kappa shape index (κ1) is 15.7. The highest BCUT2D eigenvalue weighted by molar-refractivity contribution is 6.30. The van der Waals surface area contributed by atoms with Gasteiger partial charge in [0.1, 0.15) is 5.75 Å². The topological polar surface area (TPSA) is 43.8 Å². The van der Waals surface area contributed by atoms with E-state index >= 15 is 0 Å². The summed E-state index contributed by atoms with van der Waals surface area (Å²) in [6.45, 7) is 3.04. The van der Waals surface area contributed by atoms with Crippen LogP contribution in [-0.2, 0) is 11.2 Å². The maximum absolute atomic E-state index is 12.4. The van der Waals surface area contributed by atoms with E-state index in [1.54, 1.807) is 12.1 Å². The number of carbonyl (C=O) groups excluding carboxylic acids is 1. The van der Waals surface area contributed by atoms with E-state index in [0.29, 0.717) is 24.5 Å². The minimum atomic E-state index is 0.151. The van der Waals surface area contributed by atoms with Crippen molar-refractivity contribution in [1.29, 1.82) is 0 Å². The molecular formula is C18H19ClN2O2. The van der Waals surface area contributed by atoms with Crippen LogP contribution in [0.25, 0.3) is 0 Å². The predicted molar refractivity (Wildman–Crippen MR) is 92.1 cm³/mol. The van der Waals surface area contributed by atoms with Crippen LogP contribution in [0, 0.1) is 0 Å². The number of rotatable bonds is 3. The molecule has 0 radical (unpaired) electrons. The van der Waals surface area contributed by atoms with Crippen LogP contribution in [0.4, 0.5) is 5.69 Å². The summed E-state index contributed by atoms with van der Waals surface area (Å²) in [5.41, 5.74) is 2.06. The number of piperazine rings is 1. The number of hydrogen-bond donors (Lipinski definition) is 1. The van der Waals surface area contributed by atoms with Crippen LogP contribution >= 0.6 is 11.6 Å². The fourth-order valence-electron chi connectivity index (χ4n) is 2.77. The third-order valence-electron chi connectivity index (χ3n) is 4.12. The van der Waals surface area contributed by atoms with Gasteiger partial charge in [-0.05, 0) is 42.0 Å². The van der Waals surface area contributed by atoms with Gasteiger partial charge >= 0.3 is 0 Å². The molecule has 0 atom stereocenters. The average Bonchev–Trinajstić information content (AvgIpc) is 2.58. The Morgan fingerprint density at radius 2 is 1.57 bits per heavy atom. The Labute approximate surface area is 140 Å². The van der Waals surface area contributed by atoms with E-state index in [1.165, 1.54) is 0 Å². The number of nitrogens with zero attached hydrogens (tertiary/aromatic N) is 2. The van der Waals surface area contributed by atoms with Gasteiger partial charge in [-0.3, -0.25) is 4.79 Å². The maximum atomic E-state index is 12.4. The van der Waals surface area contributed by atoms with Crippen molar-refractivity contribution in [2.45, 2.75) is 6.42 Å². The van der Waals surface area contributed by atoms with E-state index in [0.717, 1.165) is 24.3 Å². The molecule has 3 rings (SSSR count). The molecule has 1 aliphatic rings. The van der Waals surface area contributed by atoms with Gasteiger partial charge in [0.25, 0.3) is 0 Å². The van der Waals surface area contributed by atoms with Crippen LogP contribution in [-0.4, -0.2) is 42.1 Å². The monoisotopic (exact) mass is 330 g/mol. The molecule has 120 valence electrons. The number of amides is 1. The molecule has 2 aromatic carbocycles. The third-order valence-corrected chi connectivity index (χ3v) is 4.37. The van der Waals surface area contributed by atoms with Gasteiger partial charge in [-0.1, -0.05) is 23.7 Å². The second kappa shape index (κ2) is 6.92. The fraction of sp³-hybridized carbons (Fsp3) is 0.278. The van der Waals surface area contributed by atoms with Gasteiger partial charge in [-0.15, -0.1) is 0 Å². The standard InChI is InChI=1S/C18H19ClN2O2/c19-15-3-1-14(2-4-15)13-18(23)21-11-9-20(10-12-21)16-5-7-17(22)8-6-16/h1-8,22H,9-13H2. The quantitative estimate of drug-likeness (QED) is 0.941. The molecule has 5 heteroatoms. The van der Waals surface area contributed by atoms with Crippen LogP contribution < -0.4 is 4.90 Å². The first-order valence-electron chi connectivity index (χ1n) is 7.68. The van der Waals surface area contributed by atoms with Crippen LogP contribution in [0.3, 0.4) is 0 Å². The molecule has 23 heavy (non-hydrogen) atoms. The summed E-state index contributed by atoms with van der Waals surface area (Å²) in [6.07, 6.45) is 0.413. The zero-order valence-corrected chi connectivity index (χ0v) is 13.5. The van der Waals surface area contributed by atoms with E-state index in [9.17, 15) is 9.90 Å². The van der Waals surface area contributed by atoms with Gasteiger partial charge in [-0.25, -0.2) is 0 Å². The summed E-state index contributed by atoms with van der Waals surface area (Å²) in [5, 5.41) is 10.0. The molecule has 1 saturated heterocycles. The molecule has 0 spiro atoms. The first-order valence-corrected chi connectivity index (χ1v) is 8.06. The highest BCUT2D eigenvalue weighted by Crippen LogP contribution is 2.20. The van der Waals surface area contributed by atoms with Crippen molar-refractivity contribution in [1.82, 2.24) is 4.90 Å². The molecule has 1 fully saturated rings. The zero-order valence-electron chi connectivity index (χ0n) is 12.8. The van der Waals surface area contributed by atoms with Gasteiger partial charge in [0.05, 0.1) is 6.42 Å². The summed E-state index contributed by atoms with van der Waals surface area (Å²) in [5.74, 6) is 0.420. The third kappa shape index (κ3) is 3.96. The molecule has 1 amide bonds.